The van der Waals surface area contributed by atoms with Crippen LogP contribution in [0.1, 0.15) is 39.2 Å². The van der Waals surface area contributed by atoms with E-state index in [1.807, 2.05) is 11.8 Å². The first kappa shape index (κ1) is 16.2. The third kappa shape index (κ3) is 5.28. The Kier molecular flexibility index (Phi) is 5.79. The molecule has 1 aliphatic rings. The molecule has 112 valence electrons. The molecule has 1 fully saturated rings. The molecule has 0 aromatic heterocycles. The number of rotatable bonds is 4. The van der Waals surface area contributed by atoms with Gasteiger partial charge >= 0.3 is 0 Å². The van der Waals surface area contributed by atoms with E-state index in [1.165, 1.54) is 10.5 Å². The molecule has 0 saturated carbocycles. The lowest BCUT2D eigenvalue weighted by atomic mass is 10.1. The second kappa shape index (κ2) is 7.17. The minimum atomic E-state index is 0.127. The molecule has 4 heteroatoms. The molecule has 0 bridgehead atoms. The number of ether oxygens (including phenoxy) is 1. The van der Waals surface area contributed by atoms with Crippen molar-refractivity contribution in [3.63, 3.8) is 0 Å². The van der Waals surface area contributed by atoms with E-state index in [4.69, 9.17) is 16.3 Å². The minimum absolute atomic E-state index is 0.127. The molecule has 20 heavy (non-hydrogen) atoms. The highest BCUT2D eigenvalue weighted by Crippen LogP contribution is 2.34. The fourth-order valence-electron chi connectivity index (χ4n) is 2.09. The molecule has 0 radical (unpaired) electrons. The lowest BCUT2D eigenvalue weighted by Gasteiger charge is -2.22. The topological polar surface area (TPSA) is 21.3 Å². The van der Waals surface area contributed by atoms with Crippen molar-refractivity contribution >= 4 is 23.4 Å². The zero-order valence-electron chi connectivity index (χ0n) is 12.5. The Hall–Kier alpha value is -0.220. The second-order valence-corrected chi connectivity index (χ2v) is 8.05. The summed E-state index contributed by atoms with van der Waals surface area (Å²) < 4.78 is 5.40. The lowest BCUT2D eigenvalue weighted by Crippen LogP contribution is -2.35. The highest BCUT2D eigenvalue weighted by atomic mass is 35.5. The minimum Gasteiger partial charge on any atom is -0.381 e. The third-order valence-corrected chi connectivity index (χ3v) is 5.12. The van der Waals surface area contributed by atoms with Crippen molar-refractivity contribution in [1.82, 2.24) is 5.32 Å². The summed E-state index contributed by atoms with van der Waals surface area (Å²) in [6, 6.07) is 6.41. The van der Waals surface area contributed by atoms with Crippen LogP contribution in [0.4, 0.5) is 0 Å². The van der Waals surface area contributed by atoms with Crippen molar-refractivity contribution in [1.29, 1.82) is 0 Å². The summed E-state index contributed by atoms with van der Waals surface area (Å²) in [5.74, 6) is 0. The van der Waals surface area contributed by atoms with Crippen molar-refractivity contribution in [3.8, 4) is 0 Å². The van der Waals surface area contributed by atoms with Crippen LogP contribution < -0.4 is 5.32 Å². The molecule has 0 spiro atoms. The second-order valence-electron chi connectivity index (χ2n) is 6.30. The van der Waals surface area contributed by atoms with Gasteiger partial charge in [0.15, 0.2) is 0 Å². The Bertz CT molecular complexity index is 439. The fourth-order valence-corrected chi connectivity index (χ4v) is 3.53. The summed E-state index contributed by atoms with van der Waals surface area (Å²) in [6.07, 6.45) is 2.24. The van der Waals surface area contributed by atoms with E-state index in [0.717, 1.165) is 37.6 Å². The Balaban J connectivity index is 1.94. The average Bonchev–Trinajstić information content (AvgIpc) is 2.40. The summed E-state index contributed by atoms with van der Waals surface area (Å²) in [7, 11) is 0. The van der Waals surface area contributed by atoms with E-state index in [9.17, 15) is 0 Å². The molecule has 1 heterocycles. The van der Waals surface area contributed by atoms with Gasteiger partial charge in [0.1, 0.15) is 0 Å². The Morgan fingerprint density at radius 1 is 1.30 bits per heavy atom. The van der Waals surface area contributed by atoms with E-state index < -0.39 is 0 Å². The number of hydrogen-bond donors (Lipinski definition) is 1. The Morgan fingerprint density at radius 2 is 2.00 bits per heavy atom. The Labute approximate surface area is 131 Å². The van der Waals surface area contributed by atoms with Gasteiger partial charge in [0, 0.05) is 35.4 Å². The number of thioether (sulfide) groups is 1. The first-order chi connectivity index (χ1) is 9.44. The first-order valence-corrected chi connectivity index (χ1v) is 8.48. The van der Waals surface area contributed by atoms with Gasteiger partial charge < -0.3 is 10.1 Å². The standard InChI is InChI=1S/C16H24ClNOS/c1-16(2,3)18-11-12-4-5-15(14(17)10-12)20-13-6-8-19-9-7-13/h4-5,10,13,18H,6-9,11H2,1-3H3. The van der Waals surface area contributed by atoms with Gasteiger partial charge in [-0.1, -0.05) is 17.7 Å². The molecule has 1 aromatic carbocycles. The van der Waals surface area contributed by atoms with E-state index in [0.29, 0.717) is 5.25 Å². The molecule has 1 aliphatic heterocycles. The highest BCUT2D eigenvalue weighted by Gasteiger charge is 2.16. The van der Waals surface area contributed by atoms with E-state index in [1.54, 1.807) is 0 Å². The maximum absolute atomic E-state index is 6.42. The van der Waals surface area contributed by atoms with Gasteiger partial charge in [-0.25, -0.2) is 0 Å². The van der Waals surface area contributed by atoms with Gasteiger partial charge in [-0.05, 0) is 51.3 Å². The summed E-state index contributed by atoms with van der Waals surface area (Å²) in [5, 5.41) is 4.99. The maximum atomic E-state index is 6.42. The normalized spacial score (nSPS) is 17.4. The van der Waals surface area contributed by atoms with Crippen molar-refractivity contribution in [2.24, 2.45) is 0 Å². The van der Waals surface area contributed by atoms with Gasteiger partial charge in [0.25, 0.3) is 0 Å². The van der Waals surface area contributed by atoms with Crippen LogP contribution in [0, 0.1) is 0 Å². The fraction of sp³-hybridized carbons (Fsp3) is 0.625. The monoisotopic (exact) mass is 313 g/mol. The largest absolute Gasteiger partial charge is 0.381 e. The van der Waals surface area contributed by atoms with E-state index in [-0.39, 0.29) is 5.54 Å². The molecular weight excluding hydrogens is 290 g/mol. The van der Waals surface area contributed by atoms with Crippen LogP contribution in [0.15, 0.2) is 23.1 Å². The van der Waals surface area contributed by atoms with Gasteiger partial charge in [0.2, 0.25) is 0 Å². The maximum Gasteiger partial charge on any atom is 0.0545 e. The van der Waals surface area contributed by atoms with Gasteiger partial charge in [-0.2, -0.15) is 0 Å². The molecule has 0 aliphatic carbocycles. The Morgan fingerprint density at radius 3 is 2.60 bits per heavy atom. The third-order valence-electron chi connectivity index (χ3n) is 3.28. The quantitative estimate of drug-likeness (QED) is 0.884. The van der Waals surface area contributed by atoms with Crippen LogP contribution in [0.2, 0.25) is 5.02 Å². The first-order valence-electron chi connectivity index (χ1n) is 7.22. The van der Waals surface area contributed by atoms with Crippen LogP contribution in [-0.2, 0) is 11.3 Å². The predicted octanol–water partition coefficient (Wildman–Crippen LogP) is 4.50. The zero-order valence-corrected chi connectivity index (χ0v) is 14.1. The molecule has 1 N–H and O–H groups in total. The zero-order chi connectivity index (χ0) is 14.6. The molecule has 2 rings (SSSR count). The van der Waals surface area contributed by atoms with Gasteiger partial charge in [-0.15, -0.1) is 11.8 Å². The van der Waals surface area contributed by atoms with Crippen LogP contribution in [0.3, 0.4) is 0 Å². The van der Waals surface area contributed by atoms with Gasteiger partial charge in [0.05, 0.1) is 5.02 Å². The van der Waals surface area contributed by atoms with Crippen LogP contribution in [-0.4, -0.2) is 24.0 Å². The summed E-state index contributed by atoms with van der Waals surface area (Å²) in [5.41, 5.74) is 1.36. The van der Waals surface area contributed by atoms with E-state index in [2.05, 4.69) is 44.3 Å². The van der Waals surface area contributed by atoms with Gasteiger partial charge in [-0.3, -0.25) is 0 Å². The molecular formula is C16H24ClNOS. The average molecular weight is 314 g/mol. The lowest BCUT2D eigenvalue weighted by molar-refractivity contribution is 0.100. The van der Waals surface area contributed by atoms with Crippen LogP contribution in [0.25, 0.3) is 0 Å². The van der Waals surface area contributed by atoms with Crippen molar-refractivity contribution in [2.45, 2.75) is 55.8 Å². The van der Waals surface area contributed by atoms with E-state index >= 15 is 0 Å². The van der Waals surface area contributed by atoms with Crippen LogP contribution >= 0.6 is 23.4 Å². The van der Waals surface area contributed by atoms with Crippen molar-refractivity contribution in [2.75, 3.05) is 13.2 Å². The molecule has 0 amide bonds. The smallest absolute Gasteiger partial charge is 0.0545 e. The van der Waals surface area contributed by atoms with Crippen LogP contribution in [0.5, 0.6) is 0 Å². The molecule has 1 saturated heterocycles. The molecule has 0 unspecified atom stereocenters. The summed E-state index contributed by atoms with van der Waals surface area (Å²) in [4.78, 5) is 1.19. The number of hydrogen-bond acceptors (Lipinski definition) is 3. The number of nitrogens with one attached hydrogen (secondary N) is 1. The van der Waals surface area contributed by atoms with Crippen molar-refractivity contribution in [3.05, 3.63) is 28.8 Å². The highest BCUT2D eigenvalue weighted by molar-refractivity contribution is 8.00. The SMILES string of the molecule is CC(C)(C)NCc1ccc(SC2CCOCC2)c(Cl)c1. The molecule has 2 nitrogen and oxygen atoms in total. The number of halogens is 1. The summed E-state index contributed by atoms with van der Waals surface area (Å²) >= 11 is 8.31. The predicted molar refractivity (Wildman–Crippen MR) is 87.7 cm³/mol. The summed E-state index contributed by atoms with van der Waals surface area (Å²) in [6.45, 7) is 9.12. The molecule has 0 atom stereocenters. The molecule has 1 aromatic rings. The van der Waals surface area contributed by atoms with Crippen molar-refractivity contribution < 1.29 is 4.74 Å². The number of benzene rings is 1.